The lowest BCUT2D eigenvalue weighted by molar-refractivity contribution is -0.138. The molecule has 9 rings (SSSR count). The van der Waals surface area contributed by atoms with Crippen molar-refractivity contribution < 1.29 is 68.3 Å². The fraction of sp³-hybridized carbons (Fsp3) is 0.143. The summed E-state index contributed by atoms with van der Waals surface area (Å²) in [6.07, 6.45) is -7.85. The largest absolute Gasteiger partial charge is 0.419 e. The van der Waals surface area contributed by atoms with Crippen LogP contribution in [0.25, 0.3) is 0 Å². The monoisotopic (exact) mass is 1370 g/mol. The summed E-state index contributed by atoms with van der Waals surface area (Å²) in [7, 11) is 8.82. The molecule has 0 aliphatic carbocycles. The number of alkyl halides is 9. The molecule has 0 atom stereocenters. The normalized spacial score (nSPS) is 10.8. The van der Waals surface area contributed by atoms with Crippen LogP contribution in [0.15, 0.2) is 165 Å². The number of halogens is 10. The molecule has 0 spiro atoms. The summed E-state index contributed by atoms with van der Waals surface area (Å²) in [6, 6.07) is 31.2. The Hall–Kier alpha value is -12.2. The van der Waals surface area contributed by atoms with Gasteiger partial charge in [-0.3, -0.25) is 28.8 Å². The Kier molecular flexibility index (Phi) is 25.6. The number of hydrogen-bond donors (Lipinski definition) is 12. The lowest BCUT2D eigenvalue weighted by Crippen LogP contribution is -2.19. The number of amides is 6. The fourth-order valence-electron chi connectivity index (χ4n) is 8.11. The van der Waals surface area contributed by atoms with Gasteiger partial charge >= 0.3 is 18.5 Å². The van der Waals surface area contributed by atoms with Crippen LogP contribution in [0.4, 0.5) is 103 Å². The quantitative estimate of drug-likeness (QED) is 0.0316. The topological polar surface area (TPSA) is 338 Å². The summed E-state index contributed by atoms with van der Waals surface area (Å²) in [5.74, 6) is -0.980. The van der Waals surface area contributed by atoms with Gasteiger partial charge in [-0.05, 0) is 78.9 Å². The highest BCUT2D eigenvalue weighted by atomic mass is 35.5. The van der Waals surface area contributed by atoms with Crippen molar-refractivity contribution in [2.75, 3.05) is 74.6 Å². The van der Waals surface area contributed by atoms with Gasteiger partial charge in [0, 0.05) is 91.6 Å². The minimum absolute atomic E-state index is 0.0816. The molecule has 34 heteroatoms. The van der Waals surface area contributed by atoms with Crippen molar-refractivity contribution >= 4 is 110 Å². The van der Waals surface area contributed by atoms with Crippen molar-refractivity contribution in [2.24, 2.45) is 0 Å². The van der Waals surface area contributed by atoms with Crippen molar-refractivity contribution in [1.29, 1.82) is 0 Å². The number of rotatable bonds is 16. The van der Waals surface area contributed by atoms with Gasteiger partial charge in [-0.1, -0.05) is 48.0 Å². The SMILES string of the molecule is CNC(=O)c1ccc(N)nc1.CNC(=O)c1ccc(Nc2cc(Nc3ccccc3C(=O)NC)c(C(F)(F)F)cn2)nc1.CNC(=O)c1ccc(Nc2cc(Nc3ccccc3C(=O)NC)c(C(F)(F)F)cn2)nc1.CNC(=O)c1ccccc1Nc1cc(Cl)ncc1C(F)(F)F. The van der Waals surface area contributed by atoms with Crippen molar-refractivity contribution in [3.63, 3.8) is 0 Å². The molecule has 9 aromatic rings. The molecule has 6 heterocycles. The molecule has 0 aliphatic rings. The van der Waals surface area contributed by atoms with E-state index in [1.54, 1.807) is 55.6 Å². The molecule has 0 bridgehead atoms. The van der Waals surface area contributed by atoms with Crippen LogP contribution in [0.3, 0.4) is 0 Å². The number of nitrogens with zero attached hydrogens (tertiary/aromatic N) is 6. The number of benzene rings is 3. The molecular weight excluding hydrogens is 1310 g/mol. The highest BCUT2D eigenvalue weighted by molar-refractivity contribution is 6.29. The number of nitrogens with two attached hydrogens (primary N) is 1. The molecule has 0 saturated heterocycles. The van der Waals surface area contributed by atoms with E-state index in [2.05, 4.69) is 88.4 Å². The first-order chi connectivity index (χ1) is 46.0. The Morgan fingerprint density at radius 2 is 0.619 bits per heavy atom. The van der Waals surface area contributed by atoms with Gasteiger partial charge in [-0.15, -0.1) is 0 Å². The minimum atomic E-state index is -4.68. The van der Waals surface area contributed by atoms with Gasteiger partial charge in [-0.2, -0.15) is 39.5 Å². The van der Waals surface area contributed by atoms with Crippen LogP contribution in [0.5, 0.6) is 0 Å². The van der Waals surface area contributed by atoms with Crippen molar-refractivity contribution in [3.05, 3.63) is 220 Å². The summed E-state index contributed by atoms with van der Waals surface area (Å²) >= 11 is 5.67. The zero-order valence-electron chi connectivity index (χ0n) is 51.6. The summed E-state index contributed by atoms with van der Waals surface area (Å²) < 4.78 is 120. The number of hydrogen-bond acceptors (Lipinski definition) is 18. The predicted octanol–water partition coefficient (Wildman–Crippen LogP) is 11.3. The smallest absolute Gasteiger partial charge is 0.384 e. The highest BCUT2D eigenvalue weighted by Gasteiger charge is 2.37. The average molecular weight is 1370 g/mol. The number of carbonyl (C=O) groups is 6. The van der Waals surface area contributed by atoms with Crippen LogP contribution >= 0.6 is 11.6 Å². The van der Waals surface area contributed by atoms with E-state index in [0.29, 0.717) is 41.1 Å². The number of pyridine rings is 6. The Morgan fingerprint density at radius 1 is 0.330 bits per heavy atom. The van der Waals surface area contributed by atoms with Crippen LogP contribution in [0.1, 0.15) is 78.8 Å². The van der Waals surface area contributed by atoms with Crippen molar-refractivity contribution in [2.45, 2.75) is 18.5 Å². The average Bonchev–Trinajstić information content (AvgIpc) is 0.836. The zero-order valence-corrected chi connectivity index (χ0v) is 52.3. The Bertz CT molecular complexity index is 4070. The van der Waals surface area contributed by atoms with Gasteiger partial charge in [0.1, 0.15) is 34.2 Å². The van der Waals surface area contributed by atoms with Gasteiger partial charge < -0.3 is 64.2 Å². The van der Waals surface area contributed by atoms with E-state index in [1.165, 1.54) is 114 Å². The summed E-state index contributed by atoms with van der Waals surface area (Å²) in [4.78, 5) is 93.0. The summed E-state index contributed by atoms with van der Waals surface area (Å²) in [6.45, 7) is 0. The van der Waals surface area contributed by atoms with Crippen LogP contribution in [0.2, 0.25) is 5.15 Å². The second-order valence-corrected chi connectivity index (χ2v) is 19.7. The van der Waals surface area contributed by atoms with E-state index in [4.69, 9.17) is 17.3 Å². The Morgan fingerprint density at radius 3 is 0.907 bits per heavy atom. The summed E-state index contributed by atoms with van der Waals surface area (Å²) in [5.41, 5.74) is 3.85. The third-order valence-electron chi connectivity index (χ3n) is 12.9. The molecule has 0 aliphatic heterocycles. The molecule has 6 amide bonds. The van der Waals surface area contributed by atoms with E-state index in [-0.39, 0.29) is 97.0 Å². The molecule has 0 radical (unpaired) electrons. The standard InChI is InChI=1S/2C21H19F3N6O2.C14H11ClF3N3O.C7H9N3O/c2*1-25-19(31)12-7-8-17(27-10-12)30-18-9-16(14(11-28-18)21(22,23)24)29-15-6-4-3-5-13(15)20(32)26-2;1-19-13(22)8-4-2-3-5-10(8)21-11-6-12(15)20-7-9(11)14(16,17)18;1-9-7(11)5-2-3-6(8)10-4-5/h2*3-11H,1-2H3,(H,25,31)(H,26,32)(H2,27,28,29,30);2-7H,1H3,(H,19,22)(H,20,21);2-4H,1H3,(H2,8,10)(H,9,11). The van der Waals surface area contributed by atoms with Gasteiger partial charge in [0.25, 0.3) is 35.4 Å². The van der Waals surface area contributed by atoms with Crippen LogP contribution < -0.4 is 64.2 Å². The highest BCUT2D eigenvalue weighted by Crippen LogP contribution is 2.40. The van der Waals surface area contributed by atoms with E-state index in [1.807, 2.05) is 0 Å². The number of para-hydroxylation sites is 3. The van der Waals surface area contributed by atoms with Gasteiger partial charge in [0.05, 0.1) is 84.2 Å². The lowest BCUT2D eigenvalue weighted by atomic mass is 10.1. The first-order valence-corrected chi connectivity index (χ1v) is 28.4. The summed E-state index contributed by atoms with van der Waals surface area (Å²) in [5, 5.41) is 28.2. The van der Waals surface area contributed by atoms with E-state index < -0.39 is 52.9 Å². The van der Waals surface area contributed by atoms with Crippen LogP contribution in [0, 0.1) is 0 Å². The number of nitrogen functional groups attached to an aromatic ring is 1. The van der Waals surface area contributed by atoms with E-state index >= 15 is 0 Å². The van der Waals surface area contributed by atoms with Gasteiger partial charge in [0.2, 0.25) is 0 Å². The molecule has 3 aromatic carbocycles. The van der Waals surface area contributed by atoms with E-state index in [0.717, 1.165) is 18.2 Å². The zero-order chi connectivity index (χ0) is 71.2. The third-order valence-corrected chi connectivity index (χ3v) is 13.1. The molecule has 0 unspecified atom stereocenters. The number of carbonyl (C=O) groups excluding carboxylic acids is 6. The molecular formula is C63H58ClF9N18O6. The third kappa shape index (κ3) is 20.9. The molecule has 506 valence electrons. The maximum Gasteiger partial charge on any atom is 0.419 e. The first-order valence-electron chi connectivity index (χ1n) is 28.0. The molecule has 0 saturated carbocycles. The lowest BCUT2D eigenvalue weighted by Gasteiger charge is -2.17. The molecule has 13 N–H and O–H groups in total. The molecule has 6 aromatic heterocycles. The Balaban J connectivity index is 0.000000216. The van der Waals surface area contributed by atoms with Crippen molar-refractivity contribution in [1.82, 2.24) is 61.8 Å². The van der Waals surface area contributed by atoms with Gasteiger partial charge in [0.15, 0.2) is 0 Å². The second-order valence-electron chi connectivity index (χ2n) is 19.3. The molecule has 0 fully saturated rings. The van der Waals surface area contributed by atoms with Crippen molar-refractivity contribution in [3.8, 4) is 0 Å². The first kappa shape index (κ1) is 73.9. The minimum Gasteiger partial charge on any atom is -0.384 e. The van der Waals surface area contributed by atoms with Crippen LogP contribution in [-0.4, -0.2) is 108 Å². The maximum absolute atomic E-state index is 13.6. The number of nitrogens with one attached hydrogen (secondary N) is 11. The fourth-order valence-corrected chi connectivity index (χ4v) is 8.27. The van der Waals surface area contributed by atoms with Gasteiger partial charge in [-0.25, -0.2) is 29.9 Å². The number of aromatic nitrogens is 6. The number of anilines is 11. The molecule has 97 heavy (non-hydrogen) atoms. The maximum atomic E-state index is 13.6. The Labute approximate surface area is 551 Å². The predicted molar refractivity (Wildman–Crippen MR) is 346 cm³/mol. The molecule has 24 nitrogen and oxygen atoms in total. The van der Waals surface area contributed by atoms with Crippen LogP contribution in [-0.2, 0) is 18.5 Å². The van der Waals surface area contributed by atoms with E-state index in [9.17, 15) is 68.3 Å². The second kappa shape index (κ2) is 33.6.